The Kier molecular flexibility index (Phi) is 9.87. The number of halogens is 3. The minimum absolute atomic E-state index is 0.0134. The first kappa shape index (κ1) is 33.3. The van der Waals surface area contributed by atoms with Crippen molar-refractivity contribution in [3.8, 4) is 11.1 Å². The quantitative estimate of drug-likeness (QED) is 0.160. The highest BCUT2D eigenvalue weighted by Crippen LogP contribution is 2.52. The Morgan fingerprint density at radius 3 is 2.38 bits per heavy atom. The number of piperidine rings is 1. The van der Waals surface area contributed by atoms with Crippen molar-refractivity contribution in [1.29, 1.82) is 0 Å². The lowest BCUT2D eigenvalue weighted by atomic mass is 9.88. The summed E-state index contributed by atoms with van der Waals surface area (Å²) < 4.78 is 41.7. The van der Waals surface area contributed by atoms with Crippen LogP contribution in [-0.2, 0) is 11.3 Å². The molecule has 6 nitrogen and oxygen atoms in total. The van der Waals surface area contributed by atoms with Gasteiger partial charge in [-0.1, -0.05) is 86.1 Å². The molecule has 3 N–H and O–H groups in total. The number of benzene rings is 4. The SMILES string of the molecule is CCCCN(CC(F)(F)F)C(=O)C1c2ccccc2-c2ccc(C(=O)c3ccccc3NCc3ccccc3)c(N3CCCCC3N)c21. The molecule has 1 amide bonds. The number of rotatable bonds is 11. The molecular weight excluding hydrogens is 613 g/mol. The Labute approximate surface area is 279 Å². The summed E-state index contributed by atoms with van der Waals surface area (Å²) >= 11 is 0. The summed E-state index contributed by atoms with van der Waals surface area (Å²) in [6, 6.07) is 28.2. The molecule has 1 saturated heterocycles. The van der Waals surface area contributed by atoms with Crippen LogP contribution in [0, 0.1) is 0 Å². The first-order valence-electron chi connectivity index (χ1n) is 16.7. The van der Waals surface area contributed by atoms with Crippen LogP contribution >= 0.6 is 0 Å². The van der Waals surface area contributed by atoms with E-state index in [1.54, 1.807) is 18.2 Å². The number of carbonyl (C=O) groups is 2. The topological polar surface area (TPSA) is 78.7 Å². The Morgan fingerprint density at radius 1 is 0.896 bits per heavy atom. The maximum Gasteiger partial charge on any atom is 0.406 e. The molecular formula is C39H41F3N4O2. The van der Waals surface area contributed by atoms with Gasteiger partial charge in [0.2, 0.25) is 5.91 Å². The Balaban J connectivity index is 1.50. The minimum atomic E-state index is -4.56. The average Bonchev–Trinajstić information content (AvgIpc) is 3.43. The Morgan fingerprint density at radius 2 is 1.62 bits per heavy atom. The molecule has 4 aromatic rings. The third-order valence-corrected chi connectivity index (χ3v) is 9.36. The van der Waals surface area contributed by atoms with Crippen molar-refractivity contribution in [2.24, 2.45) is 5.73 Å². The average molecular weight is 655 g/mol. The predicted octanol–water partition coefficient (Wildman–Crippen LogP) is 8.11. The van der Waals surface area contributed by atoms with Crippen LogP contribution in [0.2, 0.25) is 0 Å². The number of hydrogen-bond donors (Lipinski definition) is 2. The molecule has 4 aromatic carbocycles. The van der Waals surface area contributed by atoms with Gasteiger partial charge in [-0.15, -0.1) is 0 Å². The molecule has 1 aliphatic heterocycles. The molecule has 0 radical (unpaired) electrons. The van der Waals surface area contributed by atoms with Gasteiger partial charge in [0.15, 0.2) is 5.78 Å². The number of hydrogen-bond acceptors (Lipinski definition) is 5. The molecule has 2 atom stereocenters. The number of nitrogens with one attached hydrogen (secondary N) is 1. The summed E-state index contributed by atoms with van der Waals surface area (Å²) in [7, 11) is 0. The second kappa shape index (κ2) is 14.2. The normalized spacial score (nSPS) is 17.1. The van der Waals surface area contributed by atoms with Gasteiger partial charge < -0.3 is 20.9 Å². The first-order chi connectivity index (χ1) is 23.2. The molecule has 48 heavy (non-hydrogen) atoms. The number of amides is 1. The summed E-state index contributed by atoms with van der Waals surface area (Å²) in [4.78, 5) is 32.1. The molecule has 1 heterocycles. The summed E-state index contributed by atoms with van der Waals surface area (Å²) in [5.41, 5.74) is 12.6. The molecule has 250 valence electrons. The second-order valence-electron chi connectivity index (χ2n) is 12.6. The molecule has 1 fully saturated rings. The summed E-state index contributed by atoms with van der Waals surface area (Å²) in [6.07, 6.45) is -1.45. The van der Waals surface area contributed by atoms with Crippen LogP contribution in [0.25, 0.3) is 11.1 Å². The Bertz CT molecular complexity index is 1780. The highest BCUT2D eigenvalue weighted by atomic mass is 19.4. The monoisotopic (exact) mass is 654 g/mol. The molecule has 0 spiro atoms. The van der Waals surface area contributed by atoms with Gasteiger partial charge in [0.1, 0.15) is 6.54 Å². The molecule has 2 aliphatic rings. The lowest BCUT2D eigenvalue weighted by molar-refractivity contribution is -0.161. The van der Waals surface area contributed by atoms with Crippen LogP contribution in [-0.4, -0.2) is 48.6 Å². The van der Waals surface area contributed by atoms with Crippen molar-refractivity contribution in [1.82, 2.24) is 4.90 Å². The van der Waals surface area contributed by atoms with Crippen LogP contribution in [0.1, 0.15) is 77.6 Å². The zero-order valence-electron chi connectivity index (χ0n) is 27.1. The second-order valence-corrected chi connectivity index (χ2v) is 12.6. The third kappa shape index (κ3) is 6.83. The zero-order valence-corrected chi connectivity index (χ0v) is 27.1. The van der Waals surface area contributed by atoms with Crippen LogP contribution in [0.4, 0.5) is 24.5 Å². The van der Waals surface area contributed by atoms with Gasteiger partial charge in [-0.25, -0.2) is 0 Å². The van der Waals surface area contributed by atoms with E-state index >= 15 is 0 Å². The van der Waals surface area contributed by atoms with Gasteiger partial charge in [0.05, 0.1) is 17.8 Å². The number of carbonyl (C=O) groups excluding carboxylic acids is 2. The van der Waals surface area contributed by atoms with Crippen LogP contribution in [0.3, 0.4) is 0 Å². The van der Waals surface area contributed by atoms with Gasteiger partial charge in [0, 0.05) is 42.0 Å². The van der Waals surface area contributed by atoms with Crippen molar-refractivity contribution >= 4 is 23.1 Å². The summed E-state index contributed by atoms with van der Waals surface area (Å²) in [5.74, 6) is -1.88. The van der Waals surface area contributed by atoms with E-state index in [0.717, 1.165) is 34.4 Å². The number of nitrogens with two attached hydrogens (primary N) is 1. The van der Waals surface area contributed by atoms with Gasteiger partial charge in [-0.05, 0) is 66.1 Å². The number of alkyl halides is 3. The van der Waals surface area contributed by atoms with Crippen molar-refractivity contribution in [3.63, 3.8) is 0 Å². The van der Waals surface area contributed by atoms with Gasteiger partial charge in [-0.2, -0.15) is 13.2 Å². The number of nitrogens with zero attached hydrogens (tertiary/aromatic N) is 2. The number of para-hydroxylation sites is 1. The van der Waals surface area contributed by atoms with Crippen molar-refractivity contribution < 1.29 is 22.8 Å². The van der Waals surface area contributed by atoms with E-state index in [1.165, 1.54) is 0 Å². The maximum absolute atomic E-state index is 14.7. The fraction of sp³-hybridized carbons (Fsp3) is 0.333. The van der Waals surface area contributed by atoms with E-state index in [2.05, 4.69) is 5.32 Å². The van der Waals surface area contributed by atoms with E-state index in [9.17, 15) is 22.8 Å². The van der Waals surface area contributed by atoms with E-state index in [-0.39, 0.29) is 12.3 Å². The fourth-order valence-corrected chi connectivity index (χ4v) is 7.06. The molecule has 2 unspecified atom stereocenters. The minimum Gasteiger partial charge on any atom is -0.380 e. The number of ketones is 1. The highest BCUT2D eigenvalue weighted by Gasteiger charge is 2.43. The smallest absolute Gasteiger partial charge is 0.380 e. The van der Waals surface area contributed by atoms with Crippen LogP contribution in [0.5, 0.6) is 0 Å². The van der Waals surface area contributed by atoms with E-state index in [0.29, 0.717) is 66.0 Å². The molecule has 1 aliphatic carbocycles. The summed E-state index contributed by atoms with van der Waals surface area (Å²) in [5, 5.41) is 3.41. The Hall–Kier alpha value is -4.63. The van der Waals surface area contributed by atoms with Crippen LogP contribution in [0.15, 0.2) is 91.0 Å². The highest BCUT2D eigenvalue weighted by molar-refractivity contribution is 6.17. The fourth-order valence-electron chi connectivity index (χ4n) is 7.06. The van der Waals surface area contributed by atoms with Gasteiger partial charge >= 0.3 is 6.18 Å². The van der Waals surface area contributed by atoms with Crippen molar-refractivity contribution in [2.75, 3.05) is 29.9 Å². The van der Waals surface area contributed by atoms with E-state index in [4.69, 9.17) is 5.73 Å². The number of fused-ring (bicyclic) bond motifs is 3. The van der Waals surface area contributed by atoms with E-state index in [1.807, 2.05) is 84.6 Å². The summed E-state index contributed by atoms with van der Waals surface area (Å²) in [6.45, 7) is 1.61. The lowest BCUT2D eigenvalue weighted by Crippen LogP contribution is -2.47. The van der Waals surface area contributed by atoms with Gasteiger partial charge in [0.25, 0.3) is 0 Å². The van der Waals surface area contributed by atoms with Gasteiger partial charge in [-0.3, -0.25) is 9.59 Å². The zero-order chi connectivity index (χ0) is 33.8. The van der Waals surface area contributed by atoms with Crippen LogP contribution < -0.4 is 16.0 Å². The number of unbranched alkanes of at least 4 members (excludes halogenated alkanes) is 1. The molecule has 0 bridgehead atoms. The van der Waals surface area contributed by atoms with Crippen molar-refractivity contribution in [3.05, 3.63) is 119 Å². The number of anilines is 2. The third-order valence-electron chi connectivity index (χ3n) is 9.36. The van der Waals surface area contributed by atoms with Crippen molar-refractivity contribution in [2.45, 2.75) is 63.8 Å². The van der Waals surface area contributed by atoms with E-state index < -0.39 is 30.7 Å². The standard InChI is InChI=1S/C39H41F3N4O2/c1-2-3-22-45(25-39(40,41)42)38(48)35-28-16-8-7-15-27(28)29-20-21-31(36(34(29)35)46-23-12-11-19-33(46)43)37(47)30-17-9-10-18-32(30)44-24-26-13-5-4-6-14-26/h4-10,13-18,20-21,33,35,44H,2-3,11-12,19,22-25,43H2,1H3. The molecule has 6 rings (SSSR count). The predicted molar refractivity (Wildman–Crippen MR) is 184 cm³/mol. The first-order valence-corrected chi connectivity index (χ1v) is 16.7. The molecule has 0 aromatic heterocycles. The lowest BCUT2D eigenvalue weighted by Gasteiger charge is -2.38. The molecule has 9 heteroatoms. The maximum atomic E-state index is 14.7. The largest absolute Gasteiger partial charge is 0.406 e. The molecule has 0 saturated carbocycles.